The van der Waals surface area contributed by atoms with Gasteiger partial charge in [-0.1, -0.05) is 6.92 Å². The average molecular weight is 253 g/mol. The largest absolute Gasteiger partial charge is 0.468 e. The van der Waals surface area contributed by atoms with E-state index in [4.69, 9.17) is 5.84 Å². The normalized spacial score (nSPS) is 10.0. The van der Waals surface area contributed by atoms with Gasteiger partial charge in [-0.15, -0.1) is 0 Å². The lowest BCUT2D eigenvalue weighted by molar-refractivity contribution is -0.138. The van der Waals surface area contributed by atoms with Crippen molar-refractivity contribution in [2.75, 3.05) is 24.4 Å². The first-order valence-corrected chi connectivity index (χ1v) is 5.77. The summed E-state index contributed by atoms with van der Waals surface area (Å²) in [6.07, 6.45) is 1.69. The predicted molar refractivity (Wildman–Crippen MR) is 69.1 cm³/mol. The van der Waals surface area contributed by atoms with Gasteiger partial charge in [-0.25, -0.2) is 15.8 Å². The Hall–Kier alpha value is -1.89. The van der Waals surface area contributed by atoms with Gasteiger partial charge < -0.3 is 15.5 Å². The van der Waals surface area contributed by atoms with Crippen molar-refractivity contribution in [2.24, 2.45) is 5.84 Å². The summed E-state index contributed by atoms with van der Waals surface area (Å²) in [5, 5.41) is 2.92. The maximum absolute atomic E-state index is 11.1. The molecular formula is C11H19N5O2. The molecule has 0 unspecified atom stereocenters. The van der Waals surface area contributed by atoms with Crippen LogP contribution in [-0.2, 0) is 16.0 Å². The van der Waals surface area contributed by atoms with E-state index in [2.05, 4.69) is 25.4 Å². The number of hydrogen-bond acceptors (Lipinski definition) is 7. The molecule has 100 valence electrons. The van der Waals surface area contributed by atoms with E-state index in [1.54, 1.807) is 0 Å². The van der Waals surface area contributed by atoms with E-state index in [1.165, 1.54) is 7.11 Å². The van der Waals surface area contributed by atoms with Crippen molar-refractivity contribution in [3.63, 3.8) is 0 Å². The van der Waals surface area contributed by atoms with Crippen LogP contribution in [-0.4, -0.2) is 29.6 Å². The van der Waals surface area contributed by atoms with Gasteiger partial charge in [0.25, 0.3) is 0 Å². The number of anilines is 2. The van der Waals surface area contributed by atoms with Gasteiger partial charge >= 0.3 is 5.97 Å². The van der Waals surface area contributed by atoms with E-state index in [-0.39, 0.29) is 12.5 Å². The summed E-state index contributed by atoms with van der Waals surface area (Å²) in [6.45, 7) is 3.93. The Morgan fingerprint density at radius 1 is 1.39 bits per heavy atom. The third-order valence-electron chi connectivity index (χ3n) is 2.43. The van der Waals surface area contributed by atoms with Crippen molar-refractivity contribution in [1.82, 2.24) is 9.97 Å². The summed E-state index contributed by atoms with van der Waals surface area (Å²) < 4.78 is 4.56. The number of methoxy groups -OCH3 is 1. The van der Waals surface area contributed by atoms with Crippen molar-refractivity contribution in [3.05, 3.63) is 11.4 Å². The molecule has 7 nitrogen and oxygen atoms in total. The first kappa shape index (κ1) is 14.2. The van der Waals surface area contributed by atoms with Crippen molar-refractivity contribution < 1.29 is 9.53 Å². The molecule has 0 fully saturated rings. The first-order valence-electron chi connectivity index (χ1n) is 5.77. The number of hydrogen-bond donors (Lipinski definition) is 3. The minimum absolute atomic E-state index is 0.0595. The zero-order valence-electron chi connectivity index (χ0n) is 10.9. The van der Waals surface area contributed by atoms with Crippen molar-refractivity contribution >= 4 is 17.6 Å². The summed E-state index contributed by atoms with van der Waals surface area (Å²) in [5.41, 5.74) is 3.29. The molecule has 1 rings (SSSR count). The lowest BCUT2D eigenvalue weighted by Crippen LogP contribution is -2.19. The SMILES string of the molecule is CCCc1nc(NN)c(C)c(NCC(=O)OC)n1. The van der Waals surface area contributed by atoms with E-state index in [9.17, 15) is 4.79 Å². The number of esters is 1. The third-order valence-corrected chi connectivity index (χ3v) is 2.43. The van der Waals surface area contributed by atoms with Crippen molar-refractivity contribution in [2.45, 2.75) is 26.7 Å². The van der Waals surface area contributed by atoms with Gasteiger partial charge in [-0.2, -0.15) is 0 Å². The second-order valence-electron chi connectivity index (χ2n) is 3.79. The van der Waals surface area contributed by atoms with Crippen LogP contribution in [0.4, 0.5) is 11.6 Å². The molecule has 0 aromatic carbocycles. The number of hydrazine groups is 1. The van der Waals surface area contributed by atoms with Crippen LogP contribution in [0.1, 0.15) is 24.7 Å². The molecule has 1 aromatic rings. The molecule has 0 amide bonds. The molecule has 0 aliphatic rings. The fraction of sp³-hybridized carbons (Fsp3) is 0.545. The van der Waals surface area contributed by atoms with Crippen LogP contribution in [0.2, 0.25) is 0 Å². The third kappa shape index (κ3) is 3.56. The van der Waals surface area contributed by atoms with Crippen LogP contribution in [0.5, 0.6) is 0 Å². The number of rotatable bonds is 6. The van der Waals surface area contributed by atoms with Gasteiger partial charge in [0.1, 0.15) is 24.0 Å². The number of aromatic nitrogens is 2. The number of nitrogens with zero attached hydrogens (tertiary/aromatic N) is 2. The van der Waals surface area contributed by atoms with Crippen molar-refractivity contribution in [3.8, 4) is 0 Å². The fourth-order valence-electron chi connectivity index (χ4n) is 1.44. The molecule has 0 aliphatic heterocycles. The lowest BCUT2D eigenvalue weighted by atomic mass is 10.2. The number of carbonyl (C=O) groups excluding carboxylic acids is 1. The Kier molecular flexibility index (Phi) is 5.31. The summed E-state index contributed by atoms with van der Waals surface area (Å²) in [4.78, 5) is 19.7. The summed E-state index contributed by atoms with van der Waals surface area (Å²) in [5.74, 6) is 6.88. The molecule has 4 N–H and O–H groups in total. The highest BCUT2D eigenvalue weighted by Crippen LogP contribution is 2.19. The Bertz CT molecular complexity index is 422. The molecule has 18 heavy (non-hydrogen) atoms. The minimum Gasteiger partial charge on any atom is -0.468 e. The zero-order chi connectivity index (χ0) is 13.5. The van der Waals surface area contributed by atoms with Gasteiger partial charge in [-0.3, -0.25) is 4.79 Å². The van der Waals surface area contributed by atoms with Gasteiger partial charge in [0, 0.05) is 12.0 Å². The average Bonchev–Trinajstić information content (AvgIpc) is 2.38. The molecule has 0 radical (unpaired) electrons. The Morgan fingerprint density at radius 3 is 2.61 bits per heavy atom. The molecule has 0 saturated carbocycles. The van der Waals surface area contributed by atoms with Gasteiger partial charge in [0.15, 0.2) is 0 Å². The van der Waals surface area contributed by atoms with E-state index >= 15 is 0 Å². The summed E-state index contributed by atoms with van der Waals surface area (Å²) in [6, 6.07) is 0. The number of nitrogens with one attached hydrogen (secondary N) is 2. The number of aryl methyl sites for hydroxylation is 1. The molecule has 0 atom stereocenters. The molecule has 1 heterocycles. The van der Waals surface area contributed by atoms with E-state index < -0.39 is 0 Å². The maximum atomic E-state index is 11.1. The van der Waals surface area contributed by atoms with Crippen LogP contribution in [0, 0.1) is 6.92 Å². The molecule has 1 aromatic heterocycles. The number of carbonyl (C=O) groups is 1. The zero-order valence-corrected chi connectivity index (χ0v) is 10.9. The molecule has 0 spiro atoms. The second kappa shape index (κ2) is 6.75. The van der Waals surface area contributed by atoms with Crippen LogP contribution in [0.15, 0.2) is 0 Å². The minimum atomic E-state index is -0.354. The highest BCUT2D eigenvalue weighted by atomic mass is 16.5. The van der Waals surface area contributed by atoms with Gasteiger partial charge in [0.2, 0.25) is 0 Å². The second-order valence-corrected chi connectivity index (χ2v) is 3.79. The highest BCUT2D eigenvalue weighted by Gasteiger charge is 2.11. The summed E-state index contributed by atoms with van der Waals surface area (Å²) in [7, 11) is 1.34. The molecule has 7 heteroatoms. The Labute approximate surface area is 106 Å². The van der Waals surface area contributed by atoms with Crippen LogP contribution in [0.3, 0.4) is 0 Å². The van der Waals surface area contributed by atoms with Gasteiger partial charge in [0.05, 0.1) is 7.11 Å². The maximum Gasteiger partial charge on any atom is 0.325 e. The fourth-order valence-corrected chi connectivity index (χ4v) is 1.44. The van der Waals surface area contributed by atoms with Crippen molar-refractivity contribution in [1.29, 1.82) is 0 Å². The first-order chi connectivity index (χ1) is 8.62. The monoisotopic (exact) mass is 253 g/mol. The Morgan fingerprint density at radius 2 is 2.06 bits per heavy atom. The lowest BCUT2D eigenvalue weighted by Gasteiger charge is -2.12. The number of nitrogens with two attached hydrogens (primary N) is 1. The summed E-state index contributed by atoms with van der Waals surface area (Å²) >= 11 is 0. The predicted octanol–water partition coefficient (Wildman–Crippen LogP) is 0.608. The highest BCUT2D eigenvalue weighted by molar-refractivity contribution is 5.75. The van der Waals surface area contributed by atoms with Crippen LogP contribution in [0.25, 0.3) is 0 Å². The van der Waals surface area contributed by atoms with E-state index in [0.717, 1.165) is 18.4 Å². The number of ether oxygens (including phenoxy) is 1. The molecule has 0 saturated heterocycles. The smallest absolute Gasteiger partial charge is 0.325 e. The molecule has 0 bridgehead atoms. The number of nitrogen functional groups attached to an aromatic ring is 1. The topological polar surface area (TPSA) is 102 Å². The van der Waals surface area contributed by atoms with Gasteiger partial charge in [-0.05, 0) is 13.3 Å². The standard InChI is InChI=1S/C11H19N5O2/c1-4-5-8-14-10(13-6-9(17)18-3)7(2)11(15-8)16-12/h4-6,12H2,1-3H3,(H2,13,14,15,16). The quantitative estimate of drug-likeness (QED) is 0.388. The molecule has 0 aliphatic carbocycles. The van der Waals surface area contributed by atoms with Crippen LogP contribution < -0.4 is 16.6 Å². The molecular weight excluding hydrogens is 234 g/mol. The van der Waals surface area contributed by atoms with Crippen LogP contribution >= 0.6 is 0 Å². The van der Waals surface area contributed by atoms with E-state index in [1.807, 2.05) is 13.8 Å². The Balaban J connectivity index is 2.93. The van der Waals surface area contributed by atoms with E-state index in [0.29, 0.717) is 17.5 Å².